The molecule has 242 valence electrons. The van der Waals surface area contributed by atoms with Crippen LogP contribution >= 0.6 is 0 Å². The SMILES string of the molecule is Nc1nnc(-c2ccccc2O)cc1-c1ccc(C2CCN(C3CCN(c4ccc(OC5CCC(=O)NC5=O)cc4)CC3)CC2)cc1. The first-order valence-electron chi connectivity index (χ1n) is 16.5. The van der Waals surface area contributed by atoms with Crippen molar-refractivity contribution in [2.45, 2.75) is 56.6 Å². The van der Waals surface area contributed by atoms with E-state index in [1.54, 1.807) is 12.1 Å². The molecule has 10 heteroatoms. The summed E-state index contributed by atoms with van der Waals surface area (Å²) in [5, 5.41) is 21.0. The first kappa shape index (κ1) is 30.7. The smallest absolute Gasteiger partial charge is 0.267 e. The number of nitrogen functional groups attached to an aromatic ring is 1. The highest BCUT2D eigenvalue weighted by atomic mass is 16.5. The number of nitrogens with zero attached hydrogens (tertiary/aromatic N) is 4. The number of nitrogens with two attached hydrogens (primary N) is 1. The van der Waals surface area contributed by atoms with Crippen LogP contribution in [-0.2, 0) is 9.59 Å². The molecule has 3 saturated heterocycles. The summed E-state index contributed by atoms with van der Waals surface area (Å²) < 4.78 is 5.84. The van der Waals surface area contributed by atoms with Gasteiger partial charge in [0.1, 0.15) is 11.5 Å². The average molecular weight is 633 g/mol. The van der Waals surface area contributed by atoms with Crippen molar-refractivity contribution in [1.29, 1.82) is 0 Å². The maximum atomic E-state index is 12.0. The molecule has 0 saturated carbocycles. The number of rotatable bonds is 7. The molecule has 1 unspecified atom stereocenters. The molecule has 47 heavy (non-hydrogen) atoms. The number of phenols is 1. The summed E-state index contributed by atoms with van der Waals surface area (Å²) in [4.78, 5) is 28.5. The lowest BCUT2D eigenvalue weighted by Crippen LogP contribution is -2.47. The predicted molar refractivity (Wildman–Crippen MR) is 181 cm³/mol. The minimum atomic E-state index is -0.618. The Hall–Kier alpha value is -4.96. The van der Waals surface area contributed by atoms with Gasteiger partial charge >= 0.3 is 0 Å². The monoisotopic (exact) mass is 632 g/mol. The van der Waals surface area contributed by atoms with Crippen molar-refractivity contribution in [1.82, 2.24) is 20.4 Å². The fraction of sp³-hybridized carbons (Fsp3) is 0.351. The first-order valence-corrected chi connectivity index (χ1v) is 16.5. The van der Waals surface area contributed by atoms with Gasteiger partial charge in [-0.1, -0.05) is 36.4 Å². The van der Waals surface area contributed by atoms with Gasteiger partial charge in [-0.15, -0.1) is 10.2 Å². The zero-order valence-electron chi connectivity index (χ0n) is 26.3. The Morgan fingerprint density at radius 3 is 2.23 bits per heavy atom. The summed E-state index contributed by atoms with van der Waals surface area (Å²) in [6.07, 6.45) is 4.66. The van der Waals surface area contributed by atoms with Gasteiger partial charge in [-0.25, -0.2) is 0 Å². The van der Waals surface area contributed by atoms with Crippen molar-refractivity contribution in [2.75, 3.05) is 36.8 Å². The standard InChI is InChI=1S/C37H40N6O4/c38-36-31(23-32(40-41-36)30-3-1-2-4-33(30)44)26-7-5-24(6-8-26)25-15-19-42(20-16-25)28-17-21-43(22-18-28)27-9-11-29(12-10-27)47-34-13-14-35(45)39-37(34)46/h1-12,23,25,28,34,44H,13-22H2,(H2,38,41)(H,39,45,46). The van der Waals surface area contributed by atoms with E-state index in [1.165, 1.54) is 11.3 Å². The number of para-hydroxylation sites is 1. The normalized spacial score (nSPS) is 19.8. The van der Waals surface area contributed by atoms with Crippen molar-refractivity contribution >= 4 is 23.3 Å². The van der Waals surface area contributed by atoms with Crippen LogP contribution in [0.3, 0.4) is 0 Å². The summed E-state index contributed by atoms with van der Waals surface area (Å²) in [7, 11) is 0. The van der Waals surface area contributed by atoms with E-state index >= 15 is 0 Å². The van der Waals surface area contributed by atoms with Crippen LogP contribution < -0.4 is 20.7 Å². The maximum absolute atomic E-state index is 12.0. The van der Waals surface area contributed by atoms with Crippen molar-refractivity contribution < 1.29 is 19.4 Å². The lowest BCUT2D eigenvalue weighted by molar-refractivity contribution is -0.138. The maximum Gasteiger partial charge on any atom is 0.267 e. The molecule has 1 atom stereocenters. The molecule has 1 aromatic heterocycles. The minimum Gasteiger partial charge on any atom is -0.507 e. The van der Waals surface area contributed by atoms with Crippen molar-refractivity contribution in [3.63, 3.8) is 0 Å². The first-order chi connectivity index (χ1) is 22.9. The number of piperidine rings is 3. The molecule has 10 nitrogen and oxygen atoms in total. The molecular formula is C37H40N6O4. The van der Waals surface area contributed by atoms with Gasteiger partial charge in [0, 0.05) is 48.8 Å². The number of aromatic nitrogens is 2. The number of ether oxygens (including phenoxy) is 1. The number of hydrogen-bond donors (Lipinski definition) is 3. The third-order valence-electron chi connectivity index (χ3n) is 9.87. The van der Waals surface area contributed by atoms with Gasteiger partial charge in [0.15, 0.2) is 11.9 Å². The van der Waals surface area contributed by atoms with Crippen LogP contribution in [0.25, 0.3) is 22.4 Å². The number of carbonyl (C=O) groups excluding carboxylic acids is 2. The third kappa shape index (κ3) is 6.78. The molecule has 3 fully saturated rings. The summed E-state index contributed by atoms with van der Waals surface area (Å²) in [5.74, 6) is 1.11. The summed E-state index contributed by atoms with van der Waals surface area (Å²) in [6, 6.07) is 26.2. The number of aromatic hydroxyl groups is 1. The highest BCUT2D eigenvalue weighted by Gasteiger charge is 2.30. The Morgan fingerprint density at radius 1 is 0.809 bits per heavy atom. The van der Waals surface area contributed by atoms with E-state index in [0.717, 1.165) is 63.0 Å². The van der Waals surface area contributed by atoms with Gasteiger partial charge in [0.25, 0.3) is 5.91 Å². The predicted octanol–water partition coefficient (Wildman–Crippen LogP) is 5.13. The molecule has 7 rings (SSSR count). The zero-order chi connectivity index (χ0) is 32.3. The van der Waals surface area contributed by atoms with E-state index in [9.17, 15) is 14.7 Å². The fourth-order valence-corrected chi connectivity index (χ4v) is 7.16. The number of carbonyl (C=O) groups is 2. The Balaban J connectivity index is 0.900. The summed E-state index contributed by atoms with van der Waals surface area (Å²) >= 11 is 0. The van der Waals surface area contributed by atoms with Crippen LogP contribution in [0.4, 0.5) is 11.5 Å². The van der Waals surface area contributed by atoms with Gasteiger partial charge in [0.2, 0.25) is 5.91 Å². The average Bonchev–Trinajstić information content (AvgIpc) is 3.11. The van der Waals surface area contributed by atoms with Crippen LogP contribution in [0, 0.1) is 0 Å². The Morgan fingerprint density at radius 2 is 1.53 bits per heavy atom. The van der Waals surface area contributed by atoms with E-state index in [2.05, 4.69) is 61.7 Å². The van der Waals surface area contributed by atoms with Crippen LogP contribution in [-0.4, -0.2) is 70.3 Å². The number of benzene rings is 3. The van der Waals surface area contributed by atoms with Crippen molar-refractivity contribution in [3.05, 3.63) is 84.4 Å². The lowest BCUT2D eigenvalue weighted by Gasteiger charge is -2.42. The molecule has 0 aliphatic carbocycles. The fourth-order valence-electron chi connectivity index (χ4n) is 7.16. The topological polar surface area (TPSA) is 134 Å². The minimum absolute atomic E-state index is 0.162. The van der Waals surface area contributed by atoms with Crippen molar-refractivity contribution in [2.24, 2.45) is 0 Å². The highest BCUT2D eigenvalue weighted by Crippen LogP contribution is 2.35. The number of amides is 2. The second-order valence-electron chi connectivity index (χ2n) is 12.7. The number of imide groups is 1. The number of anilines is 2. The molecule has 0 radical (unpaired) electrons. The Kier molecular flexibility index (Phi) is 8.76. The molecule has 3 aromatic carbocycles. The van der Waals surface area contributed by atoms with Gasteiger partial charge < -0.3 is 25.4 Å². The molecule has 4 aromatic rings. The molecule has 0 spiro atoms. The highest BCUT2D eigenvalue weighted by molar-refractivity contribution is 5.99. The second kappa shape index (κ2) is 13.4. The van der Waals surface area contributed by atoms with Crippen LogP contribution in [0.2, 0.25) is 0 Å². The zero-order valence-corrected chi connectivity index (χ0v) is 26.3. The van der Waals surface area contributed by atoms with Gasteiger partial charge in [0.05, 0.1) is 5.69 Å². The molecular weight excluding hydrogens is 592 g/mol. The third-order valence-corrected chi connectivity index (χ3v) is 9.87. The van der Waals surface area contributed by atoms with E-state index in [4.69, 9.17) is 10.5 Å². The summed E-state index contributed by atoms with van der Waals surface area (Å²) in [5.41, 5.74) is 11.8. The van der Waals surface area contributed by atoms with E-state index in [-0.39, 0.29) is 17.6 Å². The number of nitrogens with one attached hydrogen (secondary N) is 1. The molecule has 3 aliphatic rings. The molecule has 0 bridgehead atoms. The second-order valence-corrected chi connectivity index (χ2v) is 12.7. The van der Waals surface area contributed by atoms with Crippen LogP contribution in [0.5, 0.6) is 11.5 Å². The van der Waals surface area contributed by atoms with Gasteiger partial charge in [-0.3, -0.25) is 14.9 Å². The van der Waals surface area contributed by atoms with E-state index in [1.807, 2.05) is 30.3 Å². The molecule has 4 N–H and O–H groups in total. The Labute approximate surface area is 274 Å². The van der Waals surface area contributed by atoms with Gasteiger partial charge in [-0.05, 0) is 98.3 Å². The molecule has 4 heterocycles. The quantitative estimate of drug-likeness (QED) is 0.237. The Bertz CT molecular complexity index is 1730. The molecule has 3 aliphatic heterocycles. The summed E-state index contributed by atoms with van der Waals surface area (Å²) in [6.45, 7) is 4.24. The number of hydrogen-bond acceptors (Lipinski definition) is 9. The van der Waals surface area contributed by atoms with Crippen LogP contribution in [0.1, 0.15) is 50.0 Å². The lowest BCUT2D eigenvalue weighted by atomic mass is 9.87. The molecule has 2 amide bonds. The van der Waals surface area contributed by atoms with E-state index < -0.39 is 6.10 Å². The largest absolute Gasteiger partial charge is 0.507 e. The van der Waals surface area contributed by atoms with Gasteiger partial charge in [-0.2, -0.15) is 0 Å². The number of phenolic OH excluding ortho intramolecular Hbond substituents is 1. The number of likely N-dealkylation sites (tertiary alicyclic amines) is 1. The van der Waals surface area contributed by atoms with E-state index in [0.29, 0.717) is 47.6 Å². The van der Waals surface area contributed by atoms with Crippen LogP contribution in [0.15, 0.2) is 78.9 Å². The van der Waals surface area contributed by atoms with Crippen molar-refractivity contribution in [3.8, 4) is 33.9 Å².